The minimum atomic E-state index is -0.0831. The van der Waals surface area contributed by atoms with Gasteiger partial charge in [-0.25, -0.2) is 0 Å². The number of hydrogen-bond acceptors (Lipinski definition) is 6. The van der Waals surface area contributed by atoms with Crippen LogP contribution in [0.4, 0.5) is 0 Å². The van der Waals surface area contributed by atoms with Crippen LogP contribution in [-0.2, 0) is 10.8 Å². The topological polar surface area (TPSA) is 51.6 Å². The number of aromatic nitrogens is 4. The second kappa shape index (κ2) is 56.7. The lowest BCUT2D eigenvalue weighted by Gasteiger charge is -2.35. The molecular weight excluding hydrogens is 1480 g/mol. The van der Waals surface area contributed by atoms with Crippen molar-refractivity contribution in [2.24, 2.45) is 0 Å². The number of nitrogens with zero attached hydrogens (tertiary/aromatic N) is 4. The summed E-state index contributed by atoms with van der Waals surface area (Å²) in [5.41, 5.74) is 16.5. The molecule has 104 heavy (non-hydrogen) atoms. The maximum absolute atomic E-state index is 5.35. The Hall–Kier alpha value is -1.49. The van der Waals surface area contributed by atoms with Crippen molar-refractivity contribution in [3.8, 4) is 22.3 Å². The number of benzene rings is 3. The van der Waals surface area contributed by atoms with Gasteiger partial charge in [0.2, 0.25) is 0 Å². The summed E-state index contributed by atoms with van der Waals surface area (Å²) in [5, 5.41) is 0. The second-order valence-corrected chi connectivity index (χ2v) is 37.3. The highest BCUT2D eigenvalue weighted by atomic mass is 127. The zero-order chi connectivity index (χ0) is 73.1. The van der Waals surface area contributed by atoms with Gasteiger partial charge >= 0.3 is 0 Å². The lowest BCUT2D eigenvalue weighted by Crippen LogP contribution is -2.27. The first kappa shape index (κ1) is 89.7. The van der Waals surface area contributed by atoms with Crippen molar-refractivity contribution in [3.63, 3.8) is 0 Å². The molecule has 0 saturated carbocycles. The third kappa shape index (κ3) is 31.2. The summed E-state index contributed by atoms with van der Waals surface area (Å²) >= 11 is 9.71. The summed E-state index contributed by atoms with van der Waals surface area (Å²) in [4.78, 5) is 0. The van der Waals surface area contributed by atoms with Crippen molar-refractivity contribution in [1.29, 1.82) is 0 Å². The first-order valence-electron chi connectivity index (χ1n) is 46.6. The van der Waals surface area contributed by atoms with Gasteiger partial charge in [0.1, 0.15) is 22.1 Å². The molecule has 0 unspecified atom stereocenters. The summed E-state index contributed by atoms with van der Waals surface area (Å²) in [5.74, 6) is 0. The Labute approximate surface area is 673 Å². The Morgan fingerprint density at radius 1 is 0.240 bits per heavy atom. The summed E-state index contributed by atoms with van der Waals surface area (Å²) in [6.07, 6.45) is 101. The first-order valence-corrected chi connectivity index (χ1v) is 49.9. The van der Waals surface area contributed by atoms with Crippen LogP contribution in [-0.4, -0.2) is 17.5 Å². The summed E-state index contributed by atoms with van der Waals surface area (Å²) in [6.45, 7) is 9.32. The molecule has 0 aliphatic heterocycles. The molecule has 0 amide bonds. The van der Waals surface area contributed by atoms with E-state index in [0.29, 0.717) is 0 Å². The zero-order valence-electron chi connectivity index (χ0n) is 68.6. The normalized spacial score (nSPS) is 13.5. The molecule has 5 aromatic rings. The van der Waals surface area contributed by atoms with E-state index in [1.165, 1.54) is 517 Å². The molecule has 0 fully saturated rings. The Balaban J connectivity index is 1.08. The largest absolute Gasteiger partial charge is 0.172 e. The SMILES string of the molecule is CCCCCCCCCCCCCCCCCCCC1(CCCCCCCCCCCCCCCCCCC)c2cc3c(cc2-c2c1cc(Br)c1nsnc21)C(CCCCCCCCCCCCCCCCCCC)(CCCCCCCCCCCCCCCCCCC)c1cc(I)c2nsnc2c1-3. The quantitative estimate of drug-likeness (QED) is 0.0288. The average molecular weight is 1640 g/mol. The van der Waals surface area contributed by atoms with Crippen LogP contribution in [0.25, 0.3) is 44.3 Å². The highest BCUT2D eigenvalue weighted by Gasteiger charge is 2.50. The van der Waals surface area contributed by atoms with Crippen LogP contribution >= 0.6 is 62.0 Å². The third-order valence-corrected chi connectivity index (χ3v) is 28.1. The standard InChI is InChI=1S/C96H160BrIN4S2/c1-5-9-13-17-21-25-29-33-37-41-45-49-53-57-61-65-69-73-95(74-70-66-62-58-54-50-46-42-38-34-30-26-22-18-14-10-6-2)83-78-82-84(77-81(83)89-85(95)79-87(97)91-93(89)101-103-99-91)96(86-80-88(98)92-94(90(82)86)102-104-100-92,75-71-67-63-59-55-51-47-43-39-35-31-27-23-19-15-11-7-3)76-72-68-64-60-56-52-48-44-40-36-32-28-24-20-16-12-8-4/h77-80H,5-76H2,1-4H3. The molecular formula is C96H160BrIN4S2. The molecule has 0 radical (unpaired) electrons. The molecule has 8 heteroatoms. The van der Waals surface area contributed by atoms with Gasteiger partial charge in [0.25, 0.3) is 0 Å². The van der Waals surface area contributed by atoms with Crippen molar-refractivity contribution in [3.05, 3.63) is 54.6 Å². The molecule has 0 bridgehead atoms. The number of fused-ring (bicyclic) bond motifs is 10. The summed E-state index contributed by atoms with van der Waals surface area (Å²) in [6, 6.07) is 10.9. The van der Waals surface area contributed by atoms with Gasteiger partial charge in [0.15, 0.2) is 0 Å². The van der Waals surface area contributed by atoms with Gasteiger partial charge in [-0.2, -0.15) is 17.5 Å². The van der Waals surface area contributed by atoms with Gasteiger partial charge in [-0.1, -0.05) is 464 Å². The van der Waals surface area contributed by atoms with Gasteiger partial charge in [0.05, 0.1) is 23.5 Å². The molecule has 0 N–H and O–H groups in total. The van der Waals surface area contributed by atoms with Crippen molar-refractivity contribution >= 4 is 84.0 Å². The van der Waals surface area contributed by atoms with E-state index < -0.39 is 0 Å². The summed E-state index contributed by atoms with van der Waals surface area (Å²) in [7, 11) is 0. The fourth-order valence-corrected chi connectivity index (χ4v) is 21.7. The molecule has 3 aromatic carbocycles. The number of unbranched alkanes of at least 4 members (excludes halogenated alkanes) is 64. The molecule has 0 spiro atoms. The third-order valence-electron chi connectivity index (χ3n) is 25.6. The van der Waals surface area contributed by atoms with Crippen LogP contribution in [0.1, 0.15) is 512 Å². The molecule has 2 aromatic heterocycles. The van der Waals surface area contributed by atoms with Gasteiger partial charge in [0, 0.05) is 30.0 Å². The zero-order valence-corrected chi connectivity index (χ0v) is 74.0. The van der Waals surface area contributed by atoms with Crippen LogP contribution in [0, 0.1) is 3.57 Å². The lowest BCUT2D eigenvalue weighted by molar-refractivity contribution is 0.393. The van der Waals surface area contributed by atoms with E-state index in [0.717, 1.165) is 21.0 Å². The summed E-state index contributed by atoms with van der Waals surface area (Å²) < 4.78 is 23.3. The van der Waals surface area contributed by atoms with Crippen molar-refractivity contribution in [2.45, 2.75) is 501 Å². The first-order chi connectivity index (χ1) is 51.5. The van der Waals surface area contributed by atoms with E-state index in [-0.39, 0.29) is 10.8 Å². The minimum Gasteiger partial charge on any atom is -0.172 e. The van der Waals surface area contributed by atoms with Crippen LogP contribution in [0.3, 0.4) is 0 Å². The molecule has 590 valence electrons. The maximum atomic E-state index is 5.35. The van der Waals surface area contributed by atoms with Crippen molar-refractivity contribution in [2.75, 3.05) is 0 Å². The lowest BCUT2D eigenvalue weighted by atomic mass is 9.68. The Kier molecular flexibility index (Phi) is 48.9. The predicted molar refractivity (Wildman–Crippen MR) is 476 cm³/mol. The number of hydrogen-bond donors (Lipinski definition) is 0. The Morgan fingerprint density at radius 2 is 0.433 bits per heavy atom. The fourth-order valence-electron chi connectivity index (χ4n) is 19.1. The molecule has 2 aliphatic carbocycles. The van der Waals surface area contributed by atoms with Gasteiger partial charge < -0.3 is 0 Å². The van der Waals surface area contributed by atoms with Crippen molar-refractivity contribution in [1.82, 2.24) is 17.5 Å². The smallest absolute Gasteiger partial charge is 0.119 e. The molecule has 7 rings (SSSR count). The molecule has 0 saturated heterocycles. The van der Waals surface area contributed by atoms with E-state index in [1.54, 1.807) is 22.3 Å². The van der Waals surface area contributed by atoms with E-state index in [1.807, 2.05) is 0 Å². The Bertz CT molecular complexity index is 2670. The van der Waals surface area contributed by atoms with Crippen LogP contribution in [0.15, 0.2) is 28.7 Å². The second-order valence-electron chi connectivity index (χ2n) is 34.2. The number of halogens is 2. The fraction of sp³-hybridized carbons (Fsp3) is 0.812. The number of rotatable bonds is 72. The van der Waals surface area contributed by atoms with Crippen LogP contribution < -0.4 is 0 Å². The molecule has 2 aliphatic rings. The van der Waals surface area contributed by atoms with Gasteiger partial charge in [-0.3, -0.25) is 0 Å². The maximum Gasteiger partial charge on any atom is 0.119 e. The van der Waals surface area contributed by atoms with E-state index in [9.17, 15) is 0 Å². The van der Waals surface area contributed by atoms with E-state index >= 15 is 0 Å². The van der Waals surface area contributed by atoms with Crippen LogP contribution in [0.5, 0.6) is 0 Å². The van der Waals surface area contributed by atoms with Gasteiger partial charge in [-0.15, -0.1) is 0 Å². The predicted octanol–water partition coefficient (Wildman–Crippen LogP) is 35.8. The van der Waals surface area contributed by atoms with Crippen LogP contribution in [0.2, 0.25) is 0 Å². The van der Waals surface area contributed by atoms with E-state index in [2.05, 4.69) is 90.5 Å². The monoisotopic (exact) mass is 1640 g/mol. The molecule has 0 atom stereocenters. The van der Waals surface area contributed by atoms with Gasteiger partial charge in [-0.05, 0) is 122 Å². The highest BCUT2D eigenvalue weighted by Crippen LogP contribution is 2.63. The molecule has 4 nitrogen and oxygen atoms in total. The Morgan fingerprint density at radius 3 is 0.673 bits per heavy atom. The average Bonchev–Trinajstić information content (AvgIpc) is 1.52. The highest BCUT2D eigenvalue weighted by molar-refractivity contribution is 14.1. The van der Waals surface area contributed by atoms with Crippen molar-refractivity contribution < 1.29 is 0 Å². The van der Waals surface area contributed by atoms with E-state index in [4.69, 9.17) is 17.5 Å². The minimum absolute atomic E-state index is 0.0657. The molecule has 2 heterocycles.